The molecule has 3 rings (SSSR count). The summed E-state index contributed by atoms with van der Waals surface area (Å²) in [4.78, 5) is 25.3. The van der Waals surface area contributed by atoms with Crippen LogP contribution in [0.2, 0.25) is 0 Å². The number of nitrogens with zero attached hydrogens (tertiary/aromatic N) is 2. The molecule has 1 unspecified atom stereocenters. The number of hydrogen-bond acceptors (Lipinski definition) is 4. The van der Waals surface area contributed by atoms with Gasteiger partial charge in [0.2, 0.25) is 11.7 Å². The Kier molecular flexibility index (Phi) is 3.66. The SMILES string of the molecule is CC(=O)N1CC(c2cccs2)C(C(=O)c2ccccc2)=N1. The minimum atomic E-state index is -0.146. The third-order valence-corrected chi connectivity index (χ3v) is 4.42. The first-order valence-electron chi connectivity index (χ1n) is 6.66. The number of hydrogen-bond donors (Lipinski definition) is 0. The molecule has 1 aliphatic rings. The summed E-state index contributed by atoms with van der Waals surface area (Å²) in [5, 5.41) is 7.60. The van der Waals surface area contributed by atoms with Gasteiger partial charge in [-0.3, -0.25) is 9.59 Å². The zero-order valence-corrected chi connectivity index (χ0v) is 12.3. The highest BCUT2D eigenvalue weighted by molar-refractivity contribution is 7.10. The molecule has 2 aromatic rings. The van der Waals surface area contributed by atoms with E-state index in [1.54, 1.807) is 23.5 Å². The van der Waals surface area contributed by atoms with Gasteiger partial charge in [-0.2, -0.15) is 5.10 Å². The van der Waals surface area contributed by atoms with E-state index in [2.05, 4.69) is 5.10 Å². The first-order valence-corrected chi connectivity index (χ1v) is 7.54. The summed E-state index contributed by atoms with van der Waals surface area (Å²) in [6.45, 7) is 1.90. The number of carbonyl (C=O) groups is 2. The standard InChI is InChI=1S/C16H14N2O2S/c1-11(19)18-10-13(14-8-5-9-21-14)15(17-18)16(20)12-6-3-2-4-7-12/h2-9,13H,10H2,1H3. The fourth-order valence-electron chi connectivity index (χ4n) is 2.35. The maximum absolute atomic E-state index is 12.7. The molecule has 0 N–H and O–H groups in total. The van der Waals surface area contributed by atoms with E-state index in [1.165, 1.54) is 11.9 Å². The third kappa shape index (κ3) is 2.64. The number of amides is 1. The van der Waals surface area contributed by atoms with Gasteiger partial charge in [0.25, 0.3) is 0 Å². The maximum Gasteiger partial charge on any atom is 0.239 e. The molecule has 0 fully saturated rings. The Morgan fingerprint density at radius 1 is 1.19 bits per heavy atom. The first-order chi connectivity index (χ1) is 10.2. The predicted octanol–water partition coefficient (Wildman–Crippen LogP) is 2.93. The molecule has 2 heterocycles. The number of ketones is 1. The third-order valence-electron chi connectivity index (χ3n) is 3.43. The van der Waals surface area contributed by atoms with Crippen molar-refractivity contribution in [1.82, 2.24) is 5.01 Å². The van der Waals surface area contributed by atoms with Crippen LogP contribution in [0.1, 0.15) is 28.1 Å². The second kappa shape index (κ2) is 5.61. The molecule has 1 amide bonds. The number of Topliss-reactive ketones (excluding diaryl/α,β-unsaturated/α-hetero) is 1. The normalized spacial score (nSPS) is 17.7. The first kappa shape index (κ1) is 13.7. The fourth-order valence-corrected chi connectivity index (χ4v) is 3.18. The van der Waals surface area contributed by atoms with Crippen molar-refractivity contribution in [3.8, 4) is 0 Å². The van der Waals surface area contributed by atoms with Crippen LogP contribution < -0.4 is 0 Å². The largest absolute Gasteiger partial charge is 0.287 e. The summed E-state index contributed by atoms with van der Waals surface area (Å²) >= 11 is 1.58. The number of benzene rings is 1. The lowest BCUT2D eigenvalue weighted by Crippen LogP contribution is -2.23. The Hall–Kier alpha value is -2.27. The van der Waals surface area contributed by atoms with E-state index in [4.69, 9.17) is 0 Å². The molecular weight excluding hydrogens is 284 g/mol. The average Bonchev–Trinajstić information content (AvgIpc) is 3.16. The maximum atomic E-state index is 12.7. The second-order valence-electron chi connectivity index (χ2n) is 4.85. The van der Waals surface area contributed by atoms with Gasteiger partial charge in [-0.25, -0.2) is 5.01 Å². The van der Waals surface area contributed by atoms with Crippen LogP contribution in [0.15, 0.2) is 52.9 Å². The molecule has 0 saturated carbocycles. The van der Waals surface area contributed by atoms with Crippen LogP contribution in [0.3, 0.4) is 0 Å². The Balaban J connectivity index is 1.97. The van der Waals surface area contributed by atoms with Gasteiger partial charge in [0.05, 0.1) is 12.5 Å². The Morgan fingerprint density at radius 3 is 2.57 bits per heavy atom. The molecule has 1 aromatic carbocycles. The monoisotopic (exact) mass is 298 g/mol. The molecule has 1 aromatic heterocycles. The summed E-state index contributed by atoms with van der Waals surface area (Å²) in [6, 6.07) is 13.0. The van der Waals surface area contributed by atoms with Gasteiger partial charge in [0.1, 0.15) is 5.71 Å². The van der Waals surface area contributed by atoms with E-state index < -0.39 is 0 Å². The van der Waals surface area contributed by atoms with E-state index in [0.29, 0.717) is 17.8 Å². The summed E-state index contributed by atoms with van der Waals surface area (Å²) < 4.78 is 0. The Labute approximate surface area is 126 Å². The van der Waals surface area contributed by atoms with Gasteiger partial charge < -0.3 is 0 Å². The highest BCUT2D eigenvalue weighted by atomic mass is 32.1. The van der Waals surface area contributed by atoms with Gasteiger partial charge in [0.15, 0.2) is 0 Å². The van der Waals surface area contributed by atoms with Crippen molar-refractivity contribution in [2.75, 3.05) is 6.54 Å². The van der Waals surface area contributed by atoms with Crippen molar-refractivity contribution < 1.29 is 9.59 Å². The summed E-state index contributed by atoms with van der Waals surface area (Å²) in [5.74, 6) is -0.397. The van der Waals surface area contributed by atoms with Gasteiger partial charge in [-0.1, -0.05) is 36.4 Å². The smallest absolute Gasteiger partial charge is 0.239 e. The zero-order valence-electron chi connectivity index (χ0n) is 11.5. The van der Waals surface area contributed by atoms with Crippen molar-refractivity contribution in [2.24, 2.45) is 5.10 Å². The van der Waals surface area contributed by atoms with Crippen molar-refractivity contribution in [3.63, 3.8) is 0 Å². The Morgan fingerprint density at radius 2 is 1.95 bits per heavy atom. The molecule has 0 saturated heterocycles. The van der Waals surface area contributed by atoms with Crippen LogP contribution in [-0.2, 0) is 4.79 Å². The molecule has 1 aliphatic heterocycles. The lowest BCUT2D eigenvalue weighted by Gasteiger charge is -2.11. The zero-order chi connectivity index (χ0) is 14.8. The minimum absolute atomic E-state index is 0.113. The average molecular weight is 298 g/mol. The topological polar surface area (TPSA) is 49.7 Å². The van der Waals surface area contributed by atoms with Crippen molar-refractivity contribution in [1.29, 1.82) is 0 Å². The van der Waals surface area contributed by atoms with E-state index in [9.17, 15) is 9.59 Å². The van der Waals surface area contributed by atoms with Gasteiger partial charge in [-0.05, 0) is 11.4 Å². The molecule has 0 bridgehead atoms. The van der Waals surface area contributed by atoms with E-state index >= 15 is 0 Å². The summed E-state index contributed by atoms with van der Waals surface area (Å²) in [7, 11) is 0. The highest BCUT2D eigenvalue weighted by Gasteiger charge is 2.35. The van der Waals surface area contributed by atoms with E-state index in [0.717, 1.165) is 4.88 Å². The van der Waals surface area contributed by atoms with Crippen LogP contribution in [-0.4, -0.2) is 29.0 Å². The van der Waals surface area contributed by atoms with Crippen LogP contribution in [0.4, 0.5) is 0 Å². The van der Waals surface area contributed by atoms with E-state index in [1.807, 2.05) is 35.7 Å². The highest BCUT2D eigenvalue weighted by Crippen LogP contribution is 2.30. The fraction of sp³-hybridized carbons (Fsp3) is 0.188. The number of carbonyl (C=O) groups excluding carboxylic acids is 2. The van der Waals surface area contributed by atoms with Gasteiger partial charge in [-0.15, -0.1) is 11.3 Å². The molecule has 1 atom stereocenters. The number of rotatable bonds is 3. The molecule has 5 heteroatoms. The molecule has 0 spiro atoms. The lowest BCUT2D eigenvalue weighted by atomic mass is 9.95. The molecular formula is C16H14N2O2S. The predicted molar refractivity (Wildman–Crippen MR) is 82.7 cm³/mol. The molecule has 21 heavy (non-hydrogen) atoms. The molecule has 4 nitrogen and oxygen atoms in total. The summed E-state index contributed by atoms with van der Waals surface area (Å²) in [6.07, 6.45) is 0. The van der Waals surface area contributed by atoms with Crippen LogP contribution in [0.25, 0.3) is 0 Å². The number of hydrazone groups is 1. The van der Waals surface area contributed by atoms with Crippen molar-refractivity contribution in [2.45, 2.75) is 12.8 Å². The lowest BCUT2D eigenvalue weighted by molar-refractivity contribution is -0.128. The van der Waals surface area contributed by atoms with Crippen LogP contribution >= 0.6 is 11.3 Å². The molecule has 0 radical (unpaired) electrons. The quantitative estimate of drug-likeness (QED) is 0.818. The van der Waals surface area contributed by atoms with Gasteiger partial charge >= 0.3 is 0 Å². The minimum Gasteiger partial charge on any atom is -0.287 e. The second-order valence-corrected chi connectivity index (χ2v) is 5.83. The van der Waals surface area contributed by atoms with Crippen LogP contribution in [0, 0.1) is 0 Å². The summed E-state index contributed by atoms with van der Waals surface area (Å²) in [5.41, 5.74) is 1.04. The Bertz CT molecular complexity index is 692. The van der Waals surface area contributed by atoms with Crippen LogP contribution in [0.5, 0.6) is 0 Å². The van der Waals surface area contributed by atoms with Gasteiger partial charge in [0, 0.05) is 17.4 Å². The van der Waals surface area contributed by atoms with E-state index in [-0.39, 0.29) is 17.6 Å². The molecule has 0 aliphatic carbocycles. The van der Waals surface area contributed by atoms with Crippen molar-refractivity contribution in [3.05, 3.63) is 58.3 Å². The van der Waals surface area contributed by atoms with Crippen molar-refractivity contribution >= 4 is 28.7 Å². The molecule has 106 valence electrons. The number of thiophene rings is 1.